The highest BCUT2D eigenvalue weighted by Crippen LogP contribution is 2.40. The van der Waals surface area contributed by atoms with E-state index >= 15 is 0 Å². The highest BCUT2D eigenvalue weighted by atomic mass is 35.5. The van der Waals surface area contributed by atoms with Gasteiger partial charge in [-0.2, -0.15) is 0 Å². The predicted octanol–water partition coefficient (Wildman–Crippen LogP) is 2.74. The molecule has 1 aromatic rings. The van der Waals surface area contributed by atoms with Crippen LogP contribution < -0.4 is 14.8 Å². The van der Waals surface area contributed by atoms with E-state index < -0.39 is 0 Å². The molecule has 0 aliphatic carbocycles. The first kappa shape index (κ1) is 19.0. The number of nitrogens with one attached hydrogen (secondary N) is 1. The minimum atomic E-state index is -0.352. The molecule has 22 heavy (non-hydrogen) atoms. The zero-order valence-electron chi connectivity index (χ0n) is 13.5. The maximum absolute atomic E-state index is 13.1. The smallest absolute Gasteiger partial charge is 0.127 e. The van der Waals surface area contributed by atoms with Crippen LogP contribution in [0.25, 0.3) is 0 Å². The van der Waals surface area contributed by atoms with Crippen molar-refractivity contribution in [3.05, 3.63) is 23.3 Å². The van der Waals surface area contributed by atoms with Crippen LogP contribution in [0.2, 0.25) is 0 Å². The minimum Gasteiger partial charge on any atom is -0.496 e. The number of halogens is 2. The molecule has 1 fully saturated rings. The molecule has 1 aliphatic rings. The fourth-order valence-corrected chi connectivity index (χ4v) is 3.00. The maximum atomic E-state index is 13.1. The Morgan fingerprint density at radius 1 is 1.18 bits per heavy atom. The van der Waals surface area contributed by atoms with Gasteiger partial charge < -0.3 is 14.8 Å². The van der Waals surface area contributed by atoms with Gasteiger partial charge in [0.1, 0.15) is 11.5 Å². The predicted molar refractivity (Wildman–Crippen MR) is 89.3 cm³/mol. The van der Waals surface area contributed by atoms with Crippen LogP contribution >= 0.6 is 12.4 Å². The lowest BCUT2D eigenvalue weighted by Gasteiger charge is -2.36. The number of alkyl halides is 1. The number of aryl methyl sites for hydroxylation is 1. The summed E-state index contributed by atoms with van der Waals surface area (Å²) in [5, 5.41) is 3.33. The first-order valence-electron chi connectivity index (χ1n) is 7.44. The van der Waals surface area contributed by atoms with Crippen LogP contribution in [0.15, 0.2) is 12.1 Å². The van der Waals surface area contributed by atoms with Crippen molar-refractivity contribution in [2.24, 2.45) is 0 Å². The van der Waals surface area contributed by atoms with Crippen LogP contribution in [-0.2, 0) is 0 Å². The first-order valence-corrected chi connectivity index (χ1v) is 7.44. The summed E-state index contributed by atoms with van der Waals surface area (Å²) in [7, 11) is 3.31. The molecule has 1 saturated heterocycles. The molecule has 1 atom stereocenters. The second-order valence-corrected chi connectivity index (χ2v) is 5.36. The molecule has 0 saturated carbocycles. The van der Waals surface area contributed by atoms with Gasteiger partial charge in [0.15, 0.2) is 0 Å². The Morgan fingerprint density at radius 2 is 1.73 bits per heavy atom. The SMILES string of the molecule is COc1cc(C)cc(OC)c1[C@H](CCF)N1CCNCC1.Cl. The van der Waals surface area contributed by atoms with Gasteiger partial charge in [-0.15, -0.1) is 12.4 Å². The van der Waals surface area contributed by atoms with Gasteiger partial charge in [0, 0.05) is 32.2 Å². The van der Waals surface area contributed by atoms with E-state index in [1.807, 2.05) is 19.1 Å². The minimum absolute atomic E-state index is 0. The van der Waals surface area contributed by atoms with Crippen LogP contribution in [0.3, 0.4) is 0 Å². The summed E-state index contributed by atoms with van der Waals surface area (Å²) in [4.78, 5) is 2.31. The molecule has 0 aromatic heterocycles. The molecule has 0 bridgehead atoms. The molecule has 1 aliphatic heterocycles. The number of benzene rings is 1. The van der Waals surface area contributed by atoms with Gasteiger partial charge in [-0.3, -0.25) is 9.29 Å². The lowest BCUT2D eigenvalue weighted by Crippen LogP contribution is -2.45. The summed E-state index contributed by atoms with van der Waals surface area (Å²) < 4.78 is 24.2. The first-order chi connectivity index (χ1) is 10.2. The van der Waals surface area contributed by atoms with Gasteiger partial charge >= 0.3 is 0 Å². The Bertz CT molecular complexity index is 442. The van der Waals surface area contributed by atoms with Crippen molar-refractivity contribution < 1.29 is 13.9 Å². The van der Waals surface area contributed by atoms with Crippen LogP contribution in [0.5, 0.6) is 11.5 Å². The summed E-state index contributed by atoms with van der Waals surface area (Å²) in [6.45, 7) is 5.33. The second kappa shape index (κ2) is 9.18. The molecule has 0 unspecified atom stereocenters. The molecule has 126 valence electrons. The molecule has 0 spiro atoms. The maximum Gasteiger partial charge on any atom is 0.127 e. The standard InChI is InChI=1S/C16H25FN2O2.ClH/c1-12-10-14(20-2)16(15(11-12)21-3)13(4-5-17)19-8-6-18-7-9-19;/h10-11,13,18H,4-9H2,1-3H3;1H/t13-;/m0./s1. The third kappa shape index (κ3) is 4.24. The van der Waals surface area contributed by atoms with E-state index in [-0.39, 0.29) is 25.1 Å². The van der Waals surface area contributed by atoms with Crippen LogP contribution in [0, 0.1) is 6.92 Å². The fraction of sp³-hybridized carbons (Fsp3) is 0.625. The number of ether oxygens (including phenoxy) is 2. The highest BCUT2D eigenvalue weighted by molar-refractivity contribution is 5.85. The third-order valence-electron chi connectivity index (χ3n) is 4.00. The molecule has 1 heterocycles. The van der Waals surface area contributed by atoms with E-state index in [1.165, 1.54) is 0 Å². The summed E-state index contributed by atoms with van der Waals surface area (Å²) in [5.41, 5.74) is 2.04. The van der Waals surface area contributed by atoms with Gasteiger partial charge in [0.05, 0.1) is 26.5 Å². The molecule has 0 radical (unpaired) electrons. The molecule has 6 heteroatoms. The van der Waals surface area contributed by atoms with Gasteiger partial charge in [-0.25, -0.2) is 0 Å². The van der Waals surface area contributed by atoms with E-state index in [2.05, 4.69) is 10.2 Å². The van der Waals surface area contributed by atoms with E-state index in [0.717, 1.165) is 48.8 Å². The van der Waals surface area contributed by atoms with Crippen molar-refractivity contribution >= 4 is 12.4 Å². The average molecular weight is 333 g/mol. The Labute approximate surface area is 138 Å². The number of hydrogen-bond acceptors (Lipinski definition) is 4. The number of hydrogen-bond donors (Lipinski definition) is 1. The normalized spacial score (nSPS) is 16.7. The fourth-order valence-electron chi connectivity index (χ4n) is 3.00. The summed E-state index contributed by atoms with van der Waals surface area (Å²) in [6, 6.07) is 3.97. The molecular weight excluding hydrogens is 307 g/mol. The largest absolute Gasteiger partial charge is 0.496 e. The lowest BCUT2D eigenvalue weighted by molar-refractivity contribution is 0.152. The monoisotopic (exact) mass is 332 g/mol. The lowest BCUT2D eigenvalue weighted by atomic mass is 9.97. The number of piperazine rings is 1. The van der Waals surface area contributed by atoms with E-state index in [0.29, 0.717) is 6.42 Å². The number of rotatable bonds is 6. The molecule has 0 amide bonds. The Morgan fingerprint density at radius 3 is 2.18 bits per heavy atom. The van der Waals surface area contributed by atoms with E-state index in [1.54, 1.807) is 14.2 Å². The third-order valence-corrected chi connectivity index (χ3v) is 4.00. The number of nitrogens with zero attached hydrogens (tertiary/aromatic N) is 1. The highest BCUT2D eigenvalue weighted by Gasteiger charge is 2.28. The van der Waals surface area contributed by atoms with E-state index in [9.17, 15) is 4.39 Å². The summed E-state index contributed by atoms with van der Waals surface area (Å²) in [5.74, 6) is 1.56. The molecule has 4 nitrogen and oxygen atoms in total. The van der Waals surface area contributed by atoms with Crippen molar-refractivity contribution in [1.29, 1.82) is 0 Å². The molecule has 2 rings (SSSR count). The van der Waals surface area contributed by atoms with Crippen LogP contribution in [0.4, 0.5) is 4.39 Å². The molecule has 1 aromatic carbocycles. The summed E-state index contributed by atoms with van der Waals surface area (Å²) in [6.07, 6.45) is 0.454. The van der Waals surface area contributed by atoms with Crippen molar-refractivity contribution in [2.45, 2.75) is 19.4 Å². The van der Waals surface area contributed by atoms with Gasteiger partial charge in [0.25, 0.3) is 0 Å². The molecular formula is C16H26ClFN2O2. The van der Waals surface area contributed by atoms with Gasteiger partial charge in [-0.05, 0) is 31.0 Å². The van der Waals surface area contributed by atoms with Crippen molar-refractivity contribution in [2.75, 3.05) is 47.1 Å². The van der Waals surface area contributed by atoms with Gasteiger partial charge in [-0.1, -0.05) is 0 Å². The zero-order chi connectivity index (χ0) is 15.2. The average Bonchev–Trinajstić information content (AvgIpc) is 2.53. The van der Waals surface area contributed by atoms with Crippen LogP contribution in [0.1, 0.15) is 23.6 Å². The Balaban J connectivity index is 0.00000242. The Kier molecular flexibility index (Phi) is 7.93. The van der Waals surface area contributed by atoms with Crippen molar-refractivity contribution in [3.63, 3.8) is 0 Å². The number of methoxy groups -OCH3 is 2. The summed E-state index contributed by atoms with van der Waals surface area (Å²) >= 11 is 0. The van der Waals surface area contributed by atoms with E-state index in [4.69, 9.17) is 9.47 Å². The second-order valence-electron chi connectivity index (χ2n) is 5.36. The Hall–Kier alpha value is -1.04. The quantitative estimate of drug-likeness (QED) is 0.868. The molecule has 1 N–H and O–H groups in total. The van der Waals surface area contributed by atoms with Crippen LogP contribution in [-0.4, -0.2) is 52.0 Å². The zero-order valence-corrected chi connectivity index (χ0v) is 14.3. The van der Waals surface area contributed by atoms with Crippen molar-refractivity contribution in [3.8, 4) is 11.5 Å². The van der Waals surface area contributed by atoms with Crippen molar-refractivity contribution in [1.82, 2.24) is 10.2 Å². The van der Waals surface area contributed by atoms with Gasteiger partial charge in [0.2, 0.25) is 0 Å². The topological polar surface area (TPSA) is 33.7 Å².